The molecule has 0 aliphatic carbocycles. The largest absolute Gasteiger partial charge is 0.309 e. The Kier molecular flexibility index (Phi) is 8.50. The van der Waals surface area contributed by atoms with Crippen LogP contribution in [0.15, 0.2) is 231 Å². The summed E-state index contributed by atoms with van der Waals surface area (Å²) in [4.78, 5) is 16.1. The zero-order chi connectivity index (χ0) is 42.8. The predicted molar refractivity (Wildman–Crippen MR) is 271 cm³/mol. The minimum atomic E-state index is 0.607. The maximum atomic E-state index is 5.40. The molecule has 4 nitrogen and oxygen atoms in total. The van der Waals surface area contributed by atoms with Gasteiger partial charge in [0.05, 0.1) is 11.0 Å². The van der Waals surface area contributed by atoms with E-state index in [2.05, 4.69) is 229 Å². The van der Waals surface area contributed by atoms with Crippen molar-refractivity contribution in [1.82, 2.24) is 19.5 Å². The normalized spacial score (nSPS) is 11.7. The highest BCUT2D eigenvalue weighted by molar-refractivity contribution is 6.23. The summed E-state index contributed by atoms with van der Waals surface area (Å²) < 4.78 is 2.34. The van der Waals surface area contributed by atoms with Crippen molar-refractivity contribution in [3.05, 3.63) is 231 Å². The van der Waals surface area contributed by atoms with Crippen molar-refractivity contribution in [1.29, 1.82) is 0 Å². The van der Waals surface area contributed by atoms with Gasteiger partial charge in [0.25, 0.3) is 0 Å². The molecule has 0 saturated heterocycles. The number of para-hydroxylation sites is 2. The van der Waals surface area contributed by atoms with E-state index in [9.17, 15) is 0 Å². The van der Waals surface area contributed by atoms with E-state index in [1.165, 1.54) is 54.2 Å². The smallest absolute Gasteiger partial charge is 0.164 e. The van der Waals surface area contributed by atoms with Gasteiger partial charge in [0.1, 0.15) is 0 Å². The maximum Gasteiger partial charge on any atom is 0.164 e. The predicted octanol–water partition coefficient (Wildman–Crippen LogP) is 15.9. The van der Waals surface area contributed by atoms with Crippen molar-refractivity contribution in [3.63, 3.8) is 0 Å². The summed E-state index contributed by atoms with van der Waals surface area (Å²) >= 11 is 0. The third-order valence-electron chi connectivity index (χ3n) is 13.0. The van der Waals surface area contributed by atoms with E-state index in [1.54, 1.807) is 0 Å². The summed E-state index contributed by atoms with van der Waals surface area (Å²) in [5.41, 5.74) is 10.7. The lowest BCUT2D eigenvalue weighted by atomic mass is 9.87. The number of fused-ring (bicyclic) bond motifs is 8. The van der Waals surface area contributed by atoms with E-state index in [-0.39, 0.29) is 0 Å². The molecule has 2 heterocycles. The van der Waals surface area contributed by atoms with Gasteiger partial charge < -0.3 is 4.57 Å². The molecule has 0 amide bonds. The number of aromatic nitrogens is 4. The number of rotatable bonds is 6. The molecule has 65 heavy (non-hydrogen) atoms. The highest BCUT2D eigenvalue weighted by atomic mass is 15.0. The van der Waals surface area contributed by atoms with E-state index in [0.717, 1.165) is 55.3 Å². The first-order valence-electron chi connectivity index (χ1n) is 22.1. The Hall–Kier alpha value is -8.73. The Labute approximate surface area is 375 Å². The van der Waals surface area contributed by atoms with Crippen LogP contribution in [-0.2, 0) is 0 Å². The summed E-state index contributed by atoms with van der Waals surface area (Å²) in [5, 5.41) is 12.0. The van der Waals surface area contributed by atoms with E-state index in [1.807, 2.05) is 6.07 Å². The molecule has 4 heteroatoms. The Balaban J connectivity index is 1.05. The molecule has 302 valence electrons. The first-order valence-corrected chi connectivity index (χ1v) is 22.1. The van der Waals surface area contributed by atoms with Crippen LogP contribution >= 0.6 is 0 Å². The zero-order valence-corrected chi connectivity index (χ0v) is 35.2. The van der Waals surface area contributed by atoms with Crippen LogP contribution in [0.1, 0.15) is 0 Å². The first kappa shape index (κ1) is 36.9. The van der Waals surface area contributed by atoms with E-state index >= 15 is 0 Å². The molecule has 11 aromatic carbocycles. The van der Waals surface area contributed by atoms with Gasteiger partial charge in [0, 0.05) is 33.2 Å². The number of hydrogen-bond donors (Lipinski definition) is 0. The Morgan fingerprint density at radius 3 is 1.55 bits per heavy atom. The van der Waals surface area contributed by atoms with Crippen LogP contribution in [0.5, 0.6) is 0 Å². The first-order chi connectivity index (χ1) is 32.2. The molecule has 0 fully saturated rings. The van der Waals surface area contributed by atoms with Gasteiger partial charge in [-0.15, -0.1) is 0 Å². The average Bonchev–Trinajstić information content (AvgIpc) is 3.72. The van der Waals surface area contributed by atoms with E-state index in [4.69, 9.17) is 15.0 Å². The maximum absolute atomic E-state index is 5.40. The molecule has 0 saturated carbocycles. The molecule has 0 atom stereocenters. The van der Waals surface area contributed by atoms with Crippen molar-refractivity contribution in [2.75, 3.05) is 0 Å². The molecule has 0 radical (unpaired) electrons. The Bertz CT molecular complexity index is 3960. The summed E-state index contributed by atoms with van der Waals surface area (Å²) in [6.45, 7) is 0. The topological polar surface area (TPSA) is 43.6 Å². The molecule has 13 aromatic rings. The minimum Gasteiger partial charge on any atom is -0.309 e. The second-order valence-corrected chi connectivity index (χ2v) is 16.7. The fourth-order valence-corrected chi connectivity index (χ4v) is 10.1. The summed E-state index contributed by atoms with van der Waals surface area (Å²) in [6, 6.07) is 82.3. The molecule has 13 rings (SSSR count). The van der Waals surface area contributed by atoms with Gasteiger partial charge in [-0.05, 0) is 102 Å². The monoisotopic (exact) mass is 826 g/mol. The molecular weight excluding hydrogens is 789 g/mol. The quantitative estimate of drug-likeness (QED) is 0.124. The molecule has 0 N–H and O–H groups in total. The van der Waals surface area contributed by atoms with Gasteiger partial charge >= 0.3 is 0 Å². The van der Waals surface area contributed by atoms with Crippen LogP contribution in [-0.4, -0.2) is 19.5 Å². The standard InChI is InChI=1S/C61H38N4/c1-2-17-39(18-3-1)44-23-8-11-30-53(44)60-62-59(42-21-16-22-43(37-42)65-56-31-14-12-28-49(56)50-29-13-15-32-57(50)65)63-61(64-60)54-36-35-51(47-26-9-10-27-48(47)54)58-46-25-7-5-20-41(46)38-55-45-24-6-4-19-40(45)33-34-52(55)58/h1-38H. The minimum absolute atomic E-state index is 0.607. The van der Waals surface area contributed by atoms with Crippen LogP contribution in [0.3, 0.4) is 0 Å². The summed E-state index contributed by atoms with van der Waals surface area (Å²) in [5.74, 6) is 1.84. The van der Waals surface area contributed by atoms with Gasteiger partial charge in [0.2, 0.25) is 0 Å². The summed E-state index contributed by atoms with van der Waals surface area (Å²) in [6.07, 6.45) is 0. The number of nitrogens with zero attached hydrogens (tertiary/aromatic N) is 4. The Morgan fingerprint density at radius 1 is 0.262 bits per heavy atom. The lowest BCUT2D eigenvalue weighted by Crippen LogP contribution is -2.02. The third-order valence-corrected chi connectivity index (χ3v) is 13.0. The van der Waals surface area contributed by atoms with Crippen LogP contribution in [0.4, 0.5) is 0 Å². The lowest BCUT2D eigenvalue weighted by Gasteiger charge is -2.17. The molecular formula is C61H38N4. The van der Waals surface area contributed by atoms with Gasteiger partial charge in [-0.1, -0.05) is 194 Å². The van der Waals surface area contributed by atoms with E-state index in [0.29, 0.717) is 17.5 Å². The van der Waals surface area contributed by atoms with Gasteiger partial charge in [-0.25, -0.2) is 15.0 Å². The third kappa shape index (κ3) is 6.03. The molecule has 0 aliphatic rings. The SMILES string of the molecule is c1ccc(-c2ccccc2-c2nc(-c3cccc(-n4c5ccccc5c5ccccc54)c3)nc(-c3ccc(-c4c5ccccc5cc5c4ccc4ccccc45)c4ccccc34)n2)cc1. The Morgan fingerprint density at radius 2 is 0.800 bits per heavy atom. The van der Waals surface area contributed by atoms with Crippen LogP contribution in [0.25, 0.3) is 127 Å². The van der Waals surface area contributed by atoms with Crippen molar-refractivity contribution >= 4 is 64.9 Å². The zero-order valence-electron chi connectivity index (χ0n) is 35.2. The number of hydrogen-bond acceptors (Lipinski definition) is 3. The van der Waals surface area contributed by atoms with Crippen molar-refractivity contribution < 1.29 is 0 Å². The molecule has 0 aliphatic heterocycles. The highest BCUT2D eigenvalue weighted by Gasteiger charge is 2.21. The second kappa shape index (κ2) is 15.0. The summed E-state index contributed by atoms with van der Waals surface area (Å²) in [7, 11) is 0. The van der Waals surface area contributed by atoms with Crippen LogP contribution in [0, 0.1) is 0 Å². The molecule has 2 aromatic heterocycles. The average molecular weight is 827 g/mol. The van der Waals surface area contributed by atoms with Gasteiger partial charge in [-0.2, -0.15) is 0 Å². The van der Waals surface area contributed by atoms with E-state index < -0.39 is 0 Å². The fourth-order valence-electron chi connectivity index (χ4n) is 10.1. The van der Waals surface area contributed by atoms with Crippen molar-refractivity contribution in [3.8, 4) is 62.1 Å². The van der Waals surface area contributed by atoms with Crippen molar-refractivity contribution in [2.45, 2.75) is 0 Å². The molecule has 0 unspecified atom stereocenters. The van der Waals surface area contributed by atoms with Gasteiger partial charge in [0.15, 0.2) is 17.5 Å². The fraction of sp³-hybridized carbons (Fsp3) is 0. The van der Waals surface area contributed by atoms with Crippen LogP contribution < -0.4 is 0 Å². The lowest BCUT2D eigenvalue weighted by molar-refractivity contribution is 1.07. The van der Waals surface area contributed by atoms with Crippen molar-refractivity contribution in [2.24, 2.45) is 0 Å². The second-order valence-electron chi connectivity index (χ2n) is 16.7. The molecule has 0 spiro atoms. The highest BCUT2D eigenvalue weighted by Crippen LogP contribution is 2.44. The number of benzene rings is 11. The molecule has 0 bridgehead atoms. The van der Waals surface area contributed by atoms with Gasteiger partial charge in [-0.3, -0.25) is 0 Å². The van der Waals surface area contributed by atoms with Crippen LogP contribution in [0.2, 0.25) is 0 Å².